The third kappa shape index (κ3) is 4.69. The van der Waals surface area contributed by atoms with Gasteiger partial charge in [0.1, 0.15) is 6.54 Å². The predicted octanol–water partition coefficient (Wildman–Crippen LogP) is 1.40. The number of ether oxygens (including phenoxy) is 1. The highest BCUT2D eigenvalue weighted by molar-refractivity contribution is 5.95. The van der Waals surface area contributed by atoms with Gasteiger partial charge in [-0.3, -0.25) is 4.79 Å². The topological polar surface area (TPSA) is 79.9 Å². The summed E-state index contributed by atoms with van der Waals surface area (Å²) >= 11 is 0. The SMILES string of the molecule is CCc1cccc(CC)c1NC(N)=NCC(=O)N1CCOCC1. The fraction of sp³-hybridized carbons (Fsp3) is 0.529. The molecule has 1 fully saturated rings. The van der Waals surface area contributed by atoms with Crippen molar-refractivity contribution in [2.24, 2.45) is 10.7 Å². The molecule has 6 heteroatoms. The molecule has 0 spiro atoms. The second kappa shape index (κ2) is 8.53. The fourth-order valence-corrected chi connectivity index (χ4v) is 2.64. The standard InChI is InChI=1S/C17H26N4O2/c1-3-13-6-5-7-14(4-2)16(13)20-17(18)19-12-15(22)21-8-10-23-11-9-21/h5-7H,3-4,8-12H2,1-2H3,(H3,18,19,20). The van der Waals surface area contributed by atoms with Gasteiger partial charge in [-0.2, -0.15) is 0 Å². The van der Waals surface area contributed by atoms with Crippen molar-refractivity contribution in [3.63, 3.8) is 0 Å². The molecule has 0 radical (unpaired) electrons. The highest BCUT2D eigenvalue weighted by atomic mass is 16.5. The van der Waals surface area contributed by atoms with Crippen molar-refractivity contribution < 1.29 is 9.53 Å². The Balaban J connectivity index is 2.00. The van der Waals surface area contributed by atoms with Crippen LogP contribution >= 0.6 is 0 Å². The molecule has 126 valence electrons. The molecule has 2 rings (SSSR count). The van der Waals surface area contributed by atoms with Crippen molar-refractivity contribution in [2.45, 2.75) is 26.7 Å². The van der Waals surface area contributed by atoms with E-state index in [-0.39, 0.29) is 18.4 Å². The van der Waals surface area contributed by atoms with Crippen molar-refractivity contribution in [3.05, 3.63) is 29.3 Å². The molecular weight excluding hydrogens is 292 g/mol. The lowest BCUT2D eigenvalue weighted by molar-refractivity contribution is -0.133. The molecule has 1 aromatic rings. The summed E-state index contributed by atoms with van der Waals surface area (Å²) in [5, 5.41) is 3.17. The number of hydrogen-bond acceptors (Lipinski definition) is 3. The van der Waals surface area contributed by atoms with Crippen molar-refractivity contribution in [2.75, 3.05) is 38.2 Å². The summed E-state index contributed by atoms with van der Waals surface area (Å²) in [4.78, 5) is 18.0. The molecular formula is C17H26N4O2. The van der Waals surface area contributed by atoms with E-state index in [1.165, 1.54) is 11.1 Å². The maximum absolute atomic E-state index is 12.1. The van der Waals surface area contributed by atoms with Crippen LogP contribution < -0.4 is 11.1 Å². The number of rotatable bonds is 5. The Morgan fingerprint density at radius 2 is 1.87 bits per heavy atom. The van der Waals surface area contributed by atoms with Gasteiger partial charge in [0.2, 0.25) is 5.91 Å². The van der Waals surface area contributed by atoms with E-state index in [1.807, 2.05) is 0 Å². The molecule has 23 heavy (non-hydrogen) atoms. The second-order valence-electron chi connectivity index (χ2n) is 5.48. The van der Waals surface area contributed by atoms with E-state index in [2.05, 4.69) is 42.4 Å². The zero-order chi connectivity index (χ0) is 16.7. The van der Waals surface area contributed by atoms with E-state index in [1.54, 1.807) is 4.90 Å². The van der Waals surface area contributed by atoms with Crippen molar-refractivity contribution >= 4 is 17.6 Å². The Labute approximate surface area is 137 Å². The molecule has 1 aliphatic heterocycles. The minimum absolute atomic E-state index is 0.0162. The largest absolute Gasteiger partial charge is 0.378 e. The van der Waals surface area contributed by atoms with Crippen LogP contribution in [0.15, 0.2) is 23.2 Å². The Kier molecular flexibility index (Phi) is 6.40. The van der Waals surface area contributed by atoms with Crippen LogP contribution in [0, 0.1) is 0 Å². The number of anilines is 1. The van der Waals surface area contributed by atoms with Crippen LogP contribution in [0.5, 0.6) is 0 Å². The van der Waals surface area contributed by atoms with E-state index >= 15 is 0 Å². The van der Waals surface area contributed by atoms with Gasteiger partial charge in [0.05, 0.1) is 13.2 Å². The number of morpholine rings is 1. The van der Waals surface area contributed by atoms with Crippen LogP contribution in [-0.4, -0.2) is 49.6 Å². The lowest BCUT2D eigenvalue weighted by atomic mass is 10.0. The number of benzene rings is 1. The average Bonchev–Trinajstić information content (AvgIpc) is 2.60. The molecule has 0 aliphatic carbocycles. The quantitative estimate of drug-likeness (QED) is 0.635. The number of aryl methyl sites for hydroxylation is 2. The zero-order valence-corrected chi connectivity index (χ0v) is 14.0. The first-order valence-corrected chi connectivity index (χ1v) is 8.18. The molecule has 1 amide bonds. The van der Waals surface area contributed by atoms with Gasteiger partial charge in [0.25, 0.3) is 0 Å². The van der Waals surface area contributed by atoms with Gasteiger partial charge in [-0.1, -0.05) is 32.0 Å². The maximum atomic E-state index is 12.1. The number of nitrogens with two attached hydrogens (primary N) is 1. The number of carbonyl (C=O) groups excluding carboxylic acids is 1. The molecule has 0 unspecified atom stereocenters. The van der Waals surface area contributed by atoms with Gasteiger partial charge in [0.15, 0.2) is 5.96 Å². The van der Waals surface area contributed by atoms with E-state index in [4.69, 9.17) is 10.5 Å². The Hall–Kier alpha value is -2.08. The number of hydrogen-bond donors (Lipinski definition) is 2. The summed E-state index contributed by atoms with van der Waals surface area (Å²) < 4.78 is 5.24. The van der Waals surface area contributed by atoms with E-state index in [0.717, 1.165) is 18.5 Å². The normalized spacial score (nSPS) is 15.6. The predicted molar refractivity (Wildman–Crippen MR) is 92.7 cm³/mol. The van der Waals surface area contributed by atoms with Crippen molar-refractivity contribution in [1.29, 1.82) is 0 Å². The molecule has 1 aromatic carbocycles. The smallest absolute Gasteiger partial charge is 0.244 e. The van der Waals surface area contributed by atoms with Gasteiger partial charge in [-0.05, 0) is 24.0 Å². The average molecular weight is 318 g/mol. The van der Waals surface area contributed by atoms with Gasteiger partial charge in [0, 0.05) is 18.8 Å². The minimum Gasteiger partial charge on any atom is -0.378 e. The third-order valence-corrected chi connectivity index (χ3v) is 4.00. The Morgan fingerprint density at radius 3 is 2.43 bits per heavy atom. The lowest BCUT2D eigenvalue weighted by Crippen LogP contribution is -2.42. The number of nitrogens with zero attached hydrogens (tertiary/aromatic N) is 2. The highest BCUT2D eigenvalue weighted by Gasteiger charge is 2.16. The monoisotopic (exact) mass is 318 g/mol. The lowest BCUT2D eigenvalue weighted by Gasteiger charge is -2.26. The number of aliphatic imine (C=N–C) groups is 1. The number of guanidine groups is 1. The summed E-state index contributed by atoms with van der Waals surface area (Å²) in [5.41, 5.74) is 9.38. The summed E-state index contributed by atoms with van der Waals surface area (Å²) in [6, 6.07) is 6.21. The first kappa shape index (κ1) is 17.3. The van der Waals surface area contributed by atoms with Crippen LogP contribution in [0.3, 0.4) is 0 Å². The number of amides is 1. The van der Waals surface area contributed by atoms with Gasteiger partial charge in [-0.15, -0.1) is 0 Å². The van der Waals surface area contributed by atoms with Crippen molar-refractivity contribution in [3.8, 4) is 0 Å². The summed E-state index contributed by atoms with van der Waals surface area (Å²) in [6.45, 7) is 6.71. The number of para-hydroxylation sites is 1. The first-order chi connectivity index (χ1) is 11.2. The van der Waals surface area contributed by atoms with Gasteiger partial charge in [-0.25, -0.2) is 4.99 Å². The van der Waals surface area contributed by atoms with E-state index < -0.39 is 0 Å². The molecule has 1 saturated heterocycles. The first-order valence-electron chi connectivity index (χ1n) is 8.18. The third-order valence-electron chi connectivity index (χ3n) is 4.00. The Bertz CT molecular complexity index is 543. The molecule has 0 aromatic heterocycles. The van der Waals surface area contributed by atoms with Gasteiger partial charge < -0.3 is 20.7 Å². The van der Waals surface area contributed by atoms with Crippen LogP contribution in [0.2, 0.25) is 0 Å². The molecule has 6 nitrogen and oxygen atoms in total. The van der Waals surface area contributed by atoms with Crippen molar-refractivity contribution in [1.82, 2.24) is 4.90 Å². The molecule has 0 bridgehead atoms. The van der Waals surface area contributed by atoms with Crippen LogP contribution in [0.4, 0.5) is 5.69 Å². The molecule has 0 atom stereocenters. The number of carbonyl (C=O) groups is 1. The summed E-state index contributed by atoms with van der Waals surface area (Å²) in [5.74, 6) is 0.264. The van der Waals surface area contributed by atoms with Crippen LogP contribution in [-0.2, 0) is 22.4 Å². The molecule has 3 N–H and O–H groups in total. The number of nitrogens with one attached hydrogen (secondary N) is 1. The highest BCUT2D eigenvalue weighted by Crippen LogP contribution is 2.22. The second-order valence-corrected chi connectivity index (χ2v) is 5.48. The Morgan fingerprint density at radius 1 is 1.26 bits per heavy atom. The van der Waals surface area contributed by atoms with E-state index in [9.17, 15) is 4.79 Å². The summed E-state index contributed by atoms with van der Waals surface area (Å²) in [6.07, 6.45) is 1.83. The minimum atomic E-state index is -0.0162. The maximum Gasteiger partial charge on any atom is 0.244 e. The molecule has 0 saturated carbocycles. The molecule has 1 heterocycles. The fourth-order valence-electron chi connectivity index (χ4n) is 2.64. The van der Waals surface area contributed by atoms with Gasteiger partial charge >= 0.3 is 0 Å². The van der Waals surface area contributed by atoms with Crippen LogP contribution in [0.1, 0.15) is 25.0 Å². The molecule has 1 aliphatic rings. The summed E-state index contributed by atoms with van der Waals surface area (Å²) in [7, 11) is 0. The zero-order valence-electron chi connectivity index (χ0n) is 14.0. The van der Waals surface area contributed by atoms with E-state index in [0.29, 0.717) is 26.3 Å². The van der Waals surface area contributed by atoms with Crippen LogP contribution in [0.25, 0.3) is 0 Å².